The van der Waals surface area contributed by atoms with Crippen LogP contribution in [-0.4, -0.2) is 10.9 Å². The lowest BCUT2D eigenvalue weighted by Gasteiger charge is -2.50. The maximum absolute atomic E-state index is 13.7. The summed E-state index contributed by atoms with van der Waals surface area (Å²) in [6.45, 7) is 4.20. The number of hydrogen-bond donors (Lipinski definition) is 1. The lowest BCUT2D eigenvalue weighted by molar-refractivity contribution is -0.126. The monoisotopic (exact) mass is 410 g/mol. The molecule has 3 nitrogen and oxygen atoms in total. The van der Waals surface area contributed by atoms with E-state index in [1.807, 2.05) is 6.07 Å². The summed E-state index contributed by atoms with van der Waals surface area (Å²) in [4.78, 5) is 18.4. The predicted octanol–water partition coefficient (Wildman–Crippen LogP) is 6.23. The third kappa shape index (κ3) is 2.43. The number of amides is 1. The highest BCUT2D eigenvalue weighted by molar-refractivity contribution is 7.22. The average Bonchev–Trinajstić information content (AvgIpc) is 3.15. The van der Waals surface area contributed by atoms with Gasteiger partial charge in [0.15, 0.2) is 5.13 Å². The highest BCUT2D eigenvalue weighted by Crippen LogP contribution is 2.61. The van der Waals surface area contributed by atoms with Gasteiger partial charge in [-0.2, -0.15) is 0 Å². The Kier molecular flexibility index (Phi) is 3.72. The van der Waals surface area contributed by atoms with Gasteiger partial charge in [0, 0.05) is 11.8 Å². The van der Waals surface area contributed by atoms with Gasteiger partial charge in [0.2, 0.25) is 5.91 Å². The Bertz CT molecular complexity index is 1280. The van der Waals surface area contributed by atoms with E-state index in [4.69, 9.17) is 0 Å². The molecule has 1 N–H and O–H groups in total. The van der Waals surface area contributed by atoms with E-state index in [0.29, 0.717) is 5.13 Å². The van der Waals surface area contributed by atoms with E-state index in [2.05, 4.69) is 84.8 Å². The second-order valence-corrected chi connectivity index (χ2v) is 9.84. The first-order chi connectivity index (χ1) is 14.5. The molecule has 0 fully saturated rings. The van der Waals surface area contributed by atoms with Crippen molar-refractivity contribution in [3.8, 4) is 0 Å². The van der Waals surface area contributed by atoms with E-state index < -0.39 is 5.41 Å². The van der Waals surface area contributed by atoms with Gasteiger partial charge in [-0.1, -0.05) is 65.9 Å². The zero-order valence-electron chi connectivity index (χ0n) is 17.0. The third-order valence-corrected chi connectivity index (χ3v) is 7.85. The van der Waals surface area contributed by atoms with E-state index in [1.54, 1.807) is 11.3 Å². The van der Waals surface area contributed by atoms with Crippen LogP contribution in [0.25, 0.3) is 10.2 Å². The van der Waals surface area contributed by atoms with Crippen molar-refractivity contribution in [2.75, 3.05) is 5.32 Å². The van der Waals surface area contributed by atoms with Crippen LogP contribution in [0.1, 0.15) is 53.0 Å². The minimum absolute atomic E-state index is 0.0616. The Balaban J connectivity index is 1.42. The molecule has 7 rings (SSSR count). The van der Waals surface area contributed by atoms with Crippen LogP contribution in [0.4, 0.5) is 5.13 Å². The molecule has 1 aromatic heterocycles. The number of hydrogen-bond acceptors (Lipinski definition) is 3. The van der Waals surface area contributed by atoms with E-state index in [0.717, 1.165) is 16.6 Å². The molecule has 2 bridgehead atoms. The van der Waals surface area contributed by atoms with Crippen molar-refractivity contribution in [3.63, 3.8) is 0 Å². The Morgan fingerprint density at radius 3 is 2.30 bits per heavy atom. The van der Waals surface area contributed by atoms with E-state index in [9.17, 15) is 4.79 Å². The summed E-state index contributed by atoms with van der Waals surface area (Å²) in [6.07, 6.45) is 0.821. The Morgan fingerprint density at radius 2 is 1.63 bits per heavy atom. The molecule has 148 valence electrons. The van der Waals surface area contributed by atoms with Crippen LogP contribution in [0.3, 0.4) is 0 Å². The third-order valence-electron chi connectivity index (χ3n) is 6.91. The molecule has 4 heteroatoms. The van der Waals surface area contributed by atoms with Crippen LogP contribution >= 0.6 is 11.3 Å². The highest BCUT2D eigenvalue weighted by atomic mass is 32.1. The number of fused-ring (bicyclic) bond motifs is 2. The molecule has 0 saturated carbocycles. The first kappa shape index (κ1) is 17.8. The number of nitrogens with one attached hydrogen (secondary N) is 1. The quantitative estimate of drug-likeness (QED) is 0.426. The molecule has 1 amide bonds. The summed E-state index contributed by atoms with van der Waals surface area (Å²) in [7, 11) is 0. The molecular formula is C26H22N2OS. The van der Waals surface area contributed by atoms with Crippen molar-refractivity contribution < 1.29 is 4.79 Å². The van der Waals surface area contributed by atoms with Crippen LogP contribution < -0.4 is 5.32 Å². The number of thiazole rings is 1. The van der Waals surface area contributed by atoms with E-state index in [-0.39, 0.29) is 17.7 Å². The minimum atomic E-state index is -0.513. The molecule has 30 heavy (non-hydrogen) atoms. The predicted molar refractivity (Wildman–Crippen MR) is 122 cm³/mol. The van der Waals surface area contributed by atoms with Crippen LogP contribution in [0, 0.1) is 12.3 Å². The van der Waals surface area contributed by atoms with Crippen molar-refractivity contribution in [1.29, 1.82) is 0 Å². The number of nitrogens with zero attached hydrogens (tertiary/aromatic N) is 1. The van der Waals surface area contributed by atoms with E-state index >= 15 is 0 Å². The summed E-state index contributed by atoms with van der Waals surface area (Å²) >= 11 is 1.55. The molecule has 3 aliphatic carbocycles. The van der Waals surface area contributed by atoms with Gasteiger partial charge >= 0.3 is 0 Å². The molecule has 0 aliphatic heterocycles. The fraction of sp³-hybridized carbons (Fsp3) is 0.231. The van der Waals surface area contributed by atoms with Gasteiger partial charge < -0.3 is 5.32 Å². The SMILES string of the molecule is Cc1ccc2nc(NC(=O)[C@]3(C)CC4c5ccccc5C3c3ccccc34)sc2c1. The normalized spacial score (nSPS) is 23.8. The molecule has 0 radical (unpaired) electrons. The maximum atomic E-state index is 13.7. The second kappa shape index (κ2) is 6.26. The highest BCUT2D eigenvalue weighted by Gasteiger charge is 2.53. The topological polar surface area (TPSA) is 42.0 Å². The zero-order valence-corrected chi connectivity index (χ0v) is 17.8. The van der Waals surface area contributed by atoms with E-state index in [1.165, 1.54) is 27.8 Å². The molecule has 1 atom stereocenters. The van der Waals surface area contributed by atoms with Crippen molar-refractivity contribution in [3.05, 3.63) is 94.5 Å². The van der Waals surface area contributed by atoms with Crippen molar-refractivity contribution in [1.82, 2.24) is 4.98 Å². The molecular weight excluding hydrogens is 388 g/mol. The number of carbonyl (C=O) groups is 1. The van der Waals surface area contributed by atoms with Crippen LogP contribution in [0.15, 0.2) is 66.7 Å². The Morgan fingerprint density at radius 1 is 1.00 bits per heavy atom. The van der Waals surface area contributed by atoms with Crippen molar-refractivity contribution >= 4 is 32.6 Å². The molecule has 3 aliphatic rings. The van der Waals surface area contributed by atoms with Crippen molar-refractivity contribution in [2.45, 2.75) is 32.1 Å². The van der Waals surface area contributed by atoms with Gasteiger partial charge in [0.1, 0.15) is 0 Å². The summed E-state index contributed by atoms with van der Waals surface area (Å²) in [6, 6.07) is 23.5. The minimum Gasteiger partial charge on any atom is -0.301 e. The molecule has 1 heterocycles. The number of rotatable bonds is 2. The lowest BCUT2D eigenvalue weighted by Crippen LogP contribution is -2.47. The second-order valence-electron chi connectivity index (χ2n) is 8.81. The Hall–Kier alpha value is -2.98. The van der Waals surface area contributed by atoms with Gasteiger partial charge in [-0.3, -0.25) is 4.79 Å². The number of anilines is 1. The molecule has 0 saturated heterocycles. The number of aromatic nitrogens is 1. The zero-order chi connectivity index (χ0) is 20.5. The van der Waals surface area contributed by atoms with Gasteiger partial charge in [-0.15, -0.1) is 0 Å². The molecule has 0 spiro atoms. The van der Waals surface area contributed by atoms with Crippen LogP contribution in [0.5, 0.6) is 0 Å². The summed E-state index contributed by atoms with van der Waals surface area (Å²) in [5.74, 6) is 0.389. The smallest absolute Gasteiger partial charge is 0.233 e. The Labute approximate surface area is 179 Å². The molecule has 3 aromatic carbocycles. The standard InChI is InChI=1S/C26H22N2OS/c1-15-11-12-21-22(13-15)30-25(27-21)28-24(29)26(2)14-20-16-7-3-5-9-18(16)23(26)19-10-6-4-8-17(19)20/h3-13,20,23H,14H2,1-2H3,(H,27,28,29)/t20?,23?,26-/m1/s1. The van der Waals surface area contributed by atoms with Gasteiger partial charge in [0.25, 0.3) is 0 Å². The molecule has 4 aromatic rings. The van der Waals surface area contributed by atoms with Crippen molar-refractivity contribution in [2.24, 2.45) is 5.41 Å². The fourth-order valence-corrected chi connectivity index (χ4v) is 6.47. The van der Waals surface area contributed by atoms with Gasteiger partial charge in [-0.05, 0) is 60.2 Å². The summed E-state index contributed by atoms with van der Waals surface area (Å²) < 4.78 is 1.11. The van der Waals surface area contributed by atoms with Gasteiger partial charge in [0.05, 0.1) is 15.6 Å². The summed E-state index contributed by atoms with van der Waals surface area (Å²) in [5.41, 5.74) is 6.97. The number of carbonyl (C=O) groups excluding carboxylic acids is 1. The summed E-state index contributed by atoms with van der Waals surface area (Å²) in [5, 5.41) is 3.86. The molecule has 0 unspecified atom stereocenters. The largest absolute Gasteiger partial charge is 0.301 e. The average molecular weight is 411 g/mol. The van der Waals surface area contributed by atoms with Gasteiger partial charge in [-0.25, -0.2) is 4.98 Å². The maximum Gasteiger partial charge on any atom is 0.233 e. The fourth-order valence-electron chi connectivity index (χ4n) is 5.51. The first-order valence-electron chi connectivity index (χ1n) is 10.4. The van der Waals surface area contributed by atoms with Crippen LogP contribution in [-0.2, 0) is 4.79 Å². The number of aryl methyl sites for hydroxylation is 1. The van der Waals surface area contributed by atoms with Crippen LogP contribution in [0.2, 0.25) is 0 Å². The first-order valence-corrected chi connectivity index (χ1v) is 11.2. The lowest BCUT2D eigenvalue weighted by atomic mass is 9.52. The number of benzene rings is 3.